The summed E-state index contributed by atoms with van der Waals surface area (Å²) in [7, 11) is 0. The third kappa shape index (κ3) is 5.66. The van der Waals surface area contributed by atoms with Gasteiger partial charge in [0.05, 0.1) is 11.7 Å². The second-order valence-electron chi connectivity index (χ2n) is 3.98. The van der Waals surface area contributed by atoms with Crippen molar-refractivity contribution in [3.05, 3.63) is 0 Å². The molecule has 0 fully saturated rings. The molecule has 0 heterocycles. The lowest BCUT2D eigenvalue weighted by Gasteiger charge is -2.30. The monoisotopic (exact) mass is 427 g/mol. The molecule has 6 heteroatoms. The van der Waals surface area contributed by atoms with Crippen LogP contribution in [-0.2, 0) is 9.53 Å². The minimum atomic E-state index is -0.870. The van der Waals surface area contributed by atoms with Gasteiger partial charge in [0.2, 0.25) is 0 Å². The Hall–Kier alpha value is 0.850. The molecule has 2 atom stereocenters. The summed E-state index contributed by atoms with van der Waals surface area (Å²) in [5.74, 6) is -0.870. The molecule has 0 unspecified atom stereocenters. The largest absolute Gasteiger partial charge is 0.480 e. The fourth-order valence-corrected chi connectivity index (χ4v) is 2.45. The van der Waals surface area contributed by atoms with Crippen LogP contribution >= 0.6 is 45.7 Å². The highest BCUT2D eigenvalue weighted by Gasteiger charge is 2.32. The molecule has 4 nitrogen and oxygen atoms in total. The van der Waals surface area contributed by atoms with Gasteiger partial charge >= 0.3 is 5.97 Å². The zero-order chi connectivity index (χ0) is 11.5. The summed E-state index contributed by atoms with van der Waals surface area (Å²) in [6.45, 7) is 7.50. The van der Waals surface area contributed by atoms with Crippen molar-refractivity contribution in [2.75, 3.05) is 0 Å². The molecule has 0 saturated carbocycles. The molecule has 1 N–H and O–H groups in total. The lowest BCUT2D eigenvalue weighted by atomic mass is 10.1. The molecule has 0 bridgehead atoms. The maximum Gasteiger partial charge on any atom is 0.325 e. The van der Waals surface area contributed by atoms with Gasteiger partial charge in [-0.2, -0.15) is 1.33 Å². The van der Waals surface area contributed by atoms with Crippen molar-refractivity contribution in [2.45, 2.75) is 45.4 Å². The zero-order valence-corrected chi connectivity index (χ0v) is 12.9. The van der Waals surface area contributed by atoms with Gasteiger partial charge in [0, 0.05) is 45.7 Å². The van der Waals surface area contributed by atoms with Crippen molar-refractivity contribution in [3.8, 4) is 0 Å². The van der Waals surface area contributed by atoms with E-state index in [1.54, 1.807) is 8.25 Å². The summed E-state index contributed by atoms with van der Waals surface area (Å²) in [5, 5.41) is 8.98. The molecule has 84 valence electrons. The number of carboxylic acids is 1. The van der Waals surface area contributed by atoms with E-state index in [1.165, 1.54) is 0 Å². The van der Waals surface area contributed by atoms with E-state index in [4.69, 9.17) is 9.84 Å². The van der Waals surface area contributed by atoms with Crippen LogP contribution in [0.15, 0.2) is 0 Å². The zero-order valence-electron chi connectivity index (χ0n) is 8.62. The molecule has 0 aromatic rings. The van der Waals surface area contributed by atoms with Gasteiger partial charge in [-0.15, -0.1) is 0 Å². The lowest BCUT2D eigenvalue weighted by molar-refractivity contribution is -0.147. The third-order valence-electron chi connectivity index (χ3n) is 1.45. The van der Waals surface area contributed by atoms with E-state index < -0.39 is 12.0 Å². The Balaban J connectivity index is 4.46. The molecule has 14 heavy (non-hydrogen) atoms. The molecule has 0 aliphatic heterocycles. The highest BCUT2D eigenvalue weighted by Crippen LogP contribution is 2.22. The Bertz CT molecular complexity index is 203. The number of hydrogen-bond donors (Lipinski definition) is 1. The number of carboxylic acid groups (broad SMARTS) is 1. The Morgan fingerprint density at radius 2 is 1.86 bits per heavy atom. The van der Waals surface area contributed by atoms with E-state index in [0.717, 1.165) is 0 Å². The van der Waals surface area contributed by atoms with Crippen LogP contribution in [0.25, 0.3) is 0 Å². The fourth-order valence-electron chi connectivity index (χ4n) is 1.07. The highest BCUT2D eigenvalue weighted by atomic mass is 127. The number of hydrogen-bond acceptors (Lipinski definition) is 3. The van der Waals surface area contributed by atoms with Crippen molar-refractivity contribution in [2.24, 2.45) is 0 Å². The molecule has 0 spiro atoms. The van der Waals surface area contributed by atoms with Crippen LogP contribution in [0.1, 0.15) is 27.7 Å². The first-order valence-corrected chi connectivity index (χ1v) is 6.09. The fraction of sp³-hybridized carbons (Fsp3) is 0.875. The van der Waals surface area contributed by atoms with Gasteiger partial charge in [0.25, 0.3) is 0 Å². The second-order valence-corrected chi connectivity index (χ2v) is 7.90. The molecule has 0 aromatic heterocycles. The van der Waals surface area contributed by atoms with Crippen molar-refractivity contribution in [1.29, 1.82) is 0 Å². The van der Waals surface area contributed by atoms with Crippen LogP contribution < -0.4 is 0 Å². The molecule has 0 radical (unpaired) electrons. The molecule has 0 aliphatic carbocycles. The first-order chi connectivity index (χ1) is 6.15. The summed E-state index contributed by atoms with van der Waals surface area (Å²) < 4.78 is 7.18. The van der Waals surface area contributed by atoms with E-state index in [1.807, 2.05) is 66.5 Å². The summed E-state index contributed by atoms with van der Waals surface area (Å²) in [5.41, 5.74) is -0.323. The molecule has 0 aliphatic rings. The van der Waals surface area contributed by atoms with Crippen LogP contribution in [0.3, 0.4) is 0 Å². The minimum Gasteiger partial charge on any atom is -0.480 e. The van der Waals surface area contributed by atoms with Crippen LogP contribution in [0.5, 0.6) is 0 Å². The first-order valence-electron chi connectivity index (χ1n) is 4.16. The number of aliphatic carboxylic acids is 1. The maximum atomic E-state index is 10.9. The number of carbonyl (C=O) groups is 1. The van der Waals surface area contributed by atoms with Crippen molar-refractivity contribution >= 4 is 51.7 Å². The van der Waals surface area contributed by atoms with E-state index in [9.17, 15) is 4.79 Å². The molecule has 0 saturated heterocycles. The van der Waals surface area contributed by atoms with Crippen molar-refractivity contribution in [3.63, 3.8) is 0 Å². The lowest BCUT2D eigenvalue weighted by Crippen LogP contribution is -2.43. The van der Waals surface area contributed by atoms with Gasteiger partial charge in [0.1, 0.15) is 0 Å². The molecular weight excluding hydrogens is 412 g/mol. The number of nitrogens with zero attached hydrogens (tertiary/aromatic N) is 1. The quantitative estimate of drug-likeness (QED) is 0.554. The number of rotatable bonds is 4. The van der Waals surface area contributed by atoms with E-state index in [2.05, 4.69) is 0 Å². The van der Waals surface area contributed by atoms with Crippen LogP contribution in [0.4, 0.5) is 0 Å². The van der Waals surface area contributed by atoms with Crippen LogP contribution in [-0.4, -0.2) is 30.1 Å². The van der Waals surface area contributed by atoms with Gasteiger partial charge in [-0.05, 0) is 27.7 Å². The Morgan fingerprint density at radius 1 is 1.43 bits per heavy atom. The minimum absolute atomic E-state index is 0.323. The maximum absolute atomic E-state index is 10.9. The van der Waals surface area contributed by atoms with Gasteiger partial charge < -0.3 is 9.84 Å². The highest BCUT2D eigenvalue weighted by molar-refractivity contribution is 14.2. The topological polar surface area (TPSA) is 49.8 Å². The van der Waals surface area contributed by atoms with Gasteiger partial charge in [-0.1, -0.05) is 0 Å². The predicted molar refractivity (Wildman–Crippen MR) is 71.6 cm³/mol. The van der Waals surface area contributed by atoms with Gasteiger partial charge in [-0.25, -0.2) is 0 Å². The average Bonchev–Trinajstić information content (AvgIpc) is 1.78. The van der Waals surface area contributed by atoms with Crippen LogP contribution in [0.2, 0.25) is 0 Å². The van der Waals surface area contributed by atoms with Gasteiger partial charge in [-0.3, -0.25) is 4.79 Å². The summed E-state index contributed by atoms with van der Waals surface area (Å²) in [4.78, 5) is 10.9. The Morgan fingerprint density at radius 3 is 2.07 bits per heavy atom. The normalized spacial score (nSPS) is 16.8. The van der Waals surface area contributed by atoms with Crippen LogP contribution in [0, 0.1) is 0 Å². The standard InChI is InChI=1S/C8H15I2NO3/c1-5(14-8(2,3)4)6(7(12)13)11(9)10/h5-6H,1-4H3,(H,12,13)/t5-,6+/m1/s1. The molecule has 0 amide bonds. The van der Waals surface area contributed by atoms with Gasteiger partial charge in [0.15, 0.2) is 6.04 Å². The summed E-state index contributed by atoms with van der Waals surface area (Å²) >= 11 is 3.89. The molecule has 0 aromatic carbocycles. The van der Waals surface area contributed by atoms with E-state index in [-0.39, 0.29) is 11.7 Å². The summed E-state index contributed by atoms with van der Waals surface area (Å²) in [6.07, 6.45) is -0.346. The van der Waals surface area contributed by atoms with Crippen molar-refractivity contribution < 1.29 is 14.6 Å². The number of halogens is 2. The molecule has 0 rings (SSSR count). The predicted octanol–water partition coefficient (Wildman–Crippen LogP) is 2.65. The van der Waals surface area contributed by atoms with E-state index >= 15 is 0 Å². The third-order valence-corrected chi connectivity index (χ3v) is 2.65. The van der Waals surface area contributed by atoms with E-state index in [0.29, 0.717) is 0 Å². The smallest absolute Gasteiger partial charge is 0.325 e. The number of ether oxygens (including phenoxy) is 1. The first kappa shape index (κ1) is 14.8. The average molecular weight is 427 g/mol. The second kappa shape index (κ2) is 5.80. The Labute approximate surface area is 112 Å². The molecular formula is C8H15I2NO3. The summed E-state index contributed by atoms with van der Waals surface area (Å²) in [6, 6.07) is -0.629. The van der Waals surface area contributed by atoms with Crippen molar-refractivity contribution in [1.82, 2.24) is 1.33 Å². The SMILES string of the molecule is C[C@@H](OC(C)(C)C)[C@@H](C(=O)O)N(I)I. The Kier molecular flexibility index (Phi) is 6.16.